The third-order valence-electron chi connectivity index (χ3n) is 1.60. The molecule has 1 N–H and O–H groups in total. The van der Waals surface area contributed by atoms with Crippen molar-refractivity contribution in [2.75, 3.05) is 13.7 Å². The first-order valence-electron chi connectivity index (χ1n) is 4.01. The summed E-state index contributed by atoms with van der Waals surface area (Å²) in [5.41, 5.74) is 0. The van der Waals surface area contributed by atoms with E-state index in [0.717, 1.165) is 0 Å². The Bertz CT molecular complexity index is 175. The zero-order valence-corrected chi connectivity index (χ0v) is 8.04. The molecule has 2 nitrogen and oxygen atoms in total. The molecule has 0 rings (SSSR count). The van der Waals surface area contributed by atoms with Crippen LogP contribution in [0.4, 0.5) is 26.3 Å². The van der Waals surface area contributed by atoms with Crippen molar-refractivity contribution in [3.05, 3.63) is 0 Å². The van der Waals surface area contributed by atoms with Crippen LogP contribution in [0.5, 0.6) is 0 Å². The maximum Gasteiger partial charge on any atom is 0.423 e. The fourth-order valence-electron chi connectivity index (χ4n) is 0.698. The fourth-order valence-corrected chi connectivity index (χ4v) is 0.698. The highest BCUT2D eigenvalue weighted by Crippen LogP contribution is 2.35. The van der Waals surface area contributed by atoms with Gasteiger partial charge < -0.3 is 10.1 Å². The number of halogens is 6. The predicted octanol–water partition coefficient (Wildman–Crippen LogP) is 2.10. The van der Waals surface area contributed by atoms with Gasteiger partial charge in [-0.05, 0) is 14.0 Å². The molecule has 0 aromatic rings. The van der Waals surface area contributed by atoms with Crippen LogP contribution >= 0.6 is 0 Å². The summed E-state index contributed by atoms with van der Waals surface area (Å²) in [4.78, 5) is 0. The van der Waals surface area contributed by atoms with Gasteiger partial charge in [-0.3, -0.25) is 0 Å². The number of alkyl halides is 6. The molecule has 0 aliphatic carbocycles. The molecule has 1 atom stereocenters. The molecule has 0 spiro atoms. The summed E-state index contributed by atoms with van der Waals surface area (Å²) < 4.78 is 75.2. The normalized spacial score (nSPS) is 15.8. The highest BCUT2D eigenvalue weighted by atomic mass is 19.4. The highest BCUT2D eigenvalue weighted by Gasteiger charge is 2.57. The van der Waals surface area contributed by atoms with Crippen LogP contribution in [0, 0.1) is 0 Å². The summed E-state index contributed by atoms with van der Waals surface area (Å²) in [6, 6.07) is -0.586. The van der Waals surface area contributed by atoms with Crippen molar-refractivity contribution in [3.8, 4) is 0 Å². The number of nitrogens with one attached hydrogen (secondary N) is 1. The maximum atomic E-state index is 11.9. The van der Waals surface area contributed by atoms with Crippen LogP contribution in [0.2, 0.25) is 0 Å². The largest absolute Gasteiger partial charge is 0.423 e. The van der Waals surface area contributed by atoms with Crippen LogP contribution in [0.3, 0.4) is 0 Å². The van der Waals surface area contributed by atoms with Crippen molar-refractivity contribution in [3.63, 3.8) is 0 Å². The van der Waals surface area contributed by atoms with E-state index in [0.29, 0.717) is 0 Å². The first-order valence-corrected chi connectivity index (χ1v) is 4.01. The average Bonchev–Trinajstić information content (AvgIpc) is 1.99. The van der Waals surface area contributed by atoms with Crippen LogP contribution in [-0.2, 0) is 4.74 Å². The molecule has 0 saturated heterocycles. The van der Waals surface area contributed by atoms with Crippen molar-refractivity contribution >= 4 is 0 Å². The van der Waals surface area contributed by atoms with E-state index in [9.17, 15) is 26.3 Å². The van der Waals surface area contributed by atoms with Crippen molar-refractivity contribution in [1.82, 2.24) is 5.32 Å². The first-order chi connectivity index (χ1) is 6.59. The van der Waals surface area contributed by atoms with Gasteiger partial charge in [-0.2, -0.15) is 26.3 Å². The van der Waals surface area contributed by atoms with E-state index in [4.69, 9.17) is 0 Å². The Balaban J connectivity index is 4.42. The van der Waals surface area contributed by atoms with Crippen LogP contribution < -0.4 is 5.32 Å². The second kappa shape index (κ2) is 5.02. The van der Waals surface area contributed by atoms with Gasteiger partial charge in [-0.25, -0.2) is 0 Å². The molecule has 92 valence electrons. The first kappa shape index (κ1) is 14.5. The van der Waals surface area contributed by atoms with Crippen LogP contribution in [0.15, 0.2) is 0 Å². The van der Waals surface area contributed by atoms with Gasteiger partial charge in [0.05, 0.1) is 6.61 Å². The van der Waals surface area contributed by atoms with Crippen molar-refractivity contribution in [1.29, 1.82) is 0 Å². The van der Waals surface area contributed by atoms with Gasteiger partial charge in [0.1, 0.15) is 0 Å². The number of hydrogen-bond acceptors (Lipinski definition) is 2. The van der Waals surface area contributed by atoms with E-state index >= 15 is 0 Å². The molecule has 0 aliphatic rings. The second-order valence-corrected chi connectivity index (χ2v) is 2.99. The lowest BCUT2D eigenvalue weighted by atomic mass is 10.3. The van der Waals surface area contributed by atoms with Gasteiger partial charge in [0.15, 0.2) is 0 Å². The number of ether oxygens (including phenoxy) is 1. The number of likely N-dealkylation sites (N-methyl/N-ethyl adjacent to an activating group) is 1. The number of hydrogen-bond donors (Lipinski definition) is 1. The summed E-state index contributed by atoms with van der Waals surface area (Å²) in [5, 5.41) is 2.46. The van der Waals surface area contributed by atoms with Gasteiger partial charge in [0.25, 0.3) is 0 Å². The zero-order valence-electron chi connectivity index (χ0n) is 8.04. The smallest absolute Gasteiger partial charge is 0.359 e. The molecule has 0 bridgehead atoms. The lowest BCUT2D eigenvalue weighted by Gasteiger charge is -2.24. The van der Waals surface area contributed by atoms with Gasteiger partial charge in [-0.15, -0.1) is 0 Å². The standard InChI is InChI=1S/C7H11F6NO/c1-4(14-2)3-15-5(6(8,9)10)7(11,12)13/h4-5,14H,3H2,1-2H3. The molecule has 0 radical (unpaired) electrons. The minimum absolute atomic E-state index is 0.586. The van der Waals surface area contributed by atoms with Gasteiger partial charge in [0, 0.05) is 6.04 Å². The molecule has 15 heavy (non-hydrogen) atoms. The van der Waals surface area contributed by atoms with Gasteiger partial charge in [-0.1, -0.05) is 0 Å². The van der Waals surface area contributed by atoms with Crippen LogP contribution in [-0.4, -0.2) is 38.2 Å². The molecule has 1 unspecified atom stereocenters. The molecule has 0 amide bonds. The Hall–Kier alpha value is -0.500. The van der Waals surface area contributed by atoms with Crippen molar-refractivity contribution in [2.45, 2.75) is 31.4 Å². The molecule has 0 fully saturated rings. The van der Waals surface area contributed by atoms with Crippen molar-refractivity contribution < 1.29 is 31.1 Å². The molecule has 0 heterocycles. The van der Waals surface area contributed by atoms with Crippen LogP contribution in [0.25, 0.3) is 0 Å². The third kappa shape index (κ3) is 5.22. The maximum absolute atomic E-state index is 11.9. The Morgan fingerprint density at radius 1 is 1.07 bits per heavy atom. The predicted molar refractivity (Wildman–Crippen MR) is 40.4 cm³/mol. The molecular weight excluding hydrogens is 228 g/mol. The van der Waals surface area contributed by atoms with Crippen molar-refractivity contribution in [2.24, 2.45) is 0 Å². The Kier molecular flexibility index (Phi) is 4.85. The Morgan fingerprint density at radius 3 is 1.73 bits per heavy atom. The zero-order chi connectivity index (χ0) is 12.3. The summed E-state index contributed by atoms with van der Waals surface area (Å²) in [6.45, 7) is 0.740. The van der Waals surface area contributed by atoms with E-state index < -0.39 is 31.1 Å². The average molecular weight is 239 g/mol. The molecule has 8 heteroatoms. The Labute approximate surface area is 82.6 Å². The van der Waals surface area contributed by atoms with Gasteiger partial charge in [0.2, 0.25) is 6.10 Å². The van der Waals surface area contributed by atoms with Gasteiger partial charge >= 0.3 is 12.4 Å². The summed E-state index contributed by atoms with van der Waals surface area (Å²) in [7, 11) is 1.41. The summed E-state index contributed by atoms with van der Waals surface area (Å²) in [6.07, 6.45) is -14.6. The van der Waals surface area contributed by atoms with E-state index in [1.54, 1.807) is 0 Å². The molecule has 0 aromatic heterocycles. The third-order valence-corrected chi connectivity index (χ3v) is 1.60. The summed E-state index contributed by atoms with van der Waals surface area (Å²) in [5.74, 6) is 0. The minimum Gasteiger partial charge on any atom is -0.359 e. The van der Waals surface area contributed by atoms with E-state index in [1.165, 1.54) is 14.0 Å². The van der Waals surface area contributed by atoms with E-state index in [1.807, 2.05) is 0 Å². The van der Waals surface area contributed by atoms with E-state index in [2.05, 4.69) is 10.1 Å². The quantitative estimate of drug-likeness (QED) is 0.758. The second-order valence-electron chi connectivity index (χ2n) is 2.99. The molecule has 0 aromatic carbocycles. The molecule has 0 saturated carbocycles. The van der Waals surface area contributed by atoms with Crippen LogP contribution in [0.1, 0.15) is 6.92 Å². The topological polar surface area (TPSA) is 21.3 Å². The summed E-state index contributed by atoms with van der Waals surface area (Å²) >= 11 is 0. The fraction of sp³-hybridized carbons (Fsp3) is 1.00. The Morgan fingerprint density at radius 2 is 1.47 bits per heavy atom. The molecular formula is C7H11F6NO. The lowest BCUT2D eigenvalue weighted by Crippen LogP contribution is -2.46. The SMILES string of the molecule is CNC(C)COC(C(F)(F)F)C(F)(F)F. The highest BCUT2D eigenvalue weighted by molar-refractivity contribution is 4.76. The number of rotatable bonds is 4. The van der Waals surface area contributed by atoms with E-state index in [-0.39, 0.29) is 0 Å². The lowest BCUT2D eigenvalue weighted by molar-refractivity contribution is -0.322. The molecule has 0 aliphatic heterocycles. The monoisotopic (exact) mass is 239 g/mol. The minimum atomic E-state index is -5.44.